The first-order chi connectivity index (χ1) is 17.4. The maximum Gasteiger partial charge on any atom is 0.256 e. The number of ether oxygens (including phenoxy) is 1. The van der Waals surface area contributed by atoms with E-state index in [1.807, 2.05) is 6.07 Å². The number of nitrogen functional groups attached to an aromatic ring is 1. The maximum absolute atomic E-state index is 13.0. The molecular weight excluding hydrogens is 466 g/mol. The van der Waals surface area contributed by atoms with Crippen LogP contribution in [0.4, 0.5) is 11.5 Å². The third-order valence-corrected chi connectivity index (χ3v) is 5.91. The minimum atomic E-state index is -1.32. The molecule has 0 spiro atoms. The van der Waals surface area contributed by atoms with E-state index in [9.17, 15) is 19.8 Å². The Hall–Kier alpha value is -4.39. The Morgan fingerprint density at radius 2 is 1.64 bits per heavy atom. The number of imidazole rings is 1. The molecule has 4 aromatic rings. The molecule has 184 valence electrons. The van der Waals surface area contributed by atoms with Gasteiger partial charge in [-0.15, -0.1) is 0 Å². The lowest BCUT2D eigenvalue weighted by Crippen LogP contribution is -2.40. The van der Waals surface area contributed by atoms with Crippen LogP contribution in [0.25, 0.3) is 11.2 Å². The summed E-state index contributed by atoms with van der Waals surface area (Å²) >= 11 is 0. The van der Waals surface area contributed by atoms with Gasteiger partial charge in [0.2, 0.25) is 0 Å². The van der Waals surface area contributed by atoms with Crippen LogP contribution in [0.3, 0.4) is 0 Å². The largest absolute Gasteiger partial charge is 0.387 e. The van der Waals surface area contributed by atoms with Crippen molar-refractivity contribution >= 4 is 34.5 Å². The number of hydrogen-bond acceptors (Lipinski definition) is 9. The number of amides is 2. The number of para-hydroxylation sites is 1. The van der Waals surface area contributed by atoms with Crippen LogP contribution < -0.4 is 16.4 Å². The number of aliphatic hydroxyl groups excluding tert-OH is 2. The Balaban J connectivity index is 1.28. The molecule has 0 saturated carbocycles. The lowest BCUT2D eigenvalue weighted by molar-refractivity contribution is -0.0337. The zero-order valence-electron chi connectivity index (χ0n) is 18.9. The second-order valence-corrected chi connectivity index (χ2v) is 8.21. The molecule has 2 amide bonds. The zero-order chi connectivity index (χ0) is 25.2. The molecule has 5 rings (SSSR count). The van der Waals surface area contributed by atoms with E-state index in [0.29, 0.717) is 16.9 Å². The Kier molecular flexibility index (Phi) is 6.29. The average molecular weight is 489 g/mol. The fourth-order valence-corrected chi connectivity index (χ4v) is 4.07. The average Bonchev–Trinajstić information content (AvgIpc) is 3.45. The first kappa shape index (κ1) is 23.4. The Bertz CT molecular complexity index is 1410. The molecule has 6 N–H and O–H groups in total. The zero-order valence-corrected chi connectivity index (χ0v) is 18.9. The van der Waals surface area contributed by atoms with Crippen molar-refractivity contribution in [1.82, 2.24) is 24.8 Å². The van der Waals surface area contributed by atoms with E-state index in [-0.39, 0.29) is 23.5 Å². The van der Waals surface area contributed by atoms with Gasteiger partial charge in [0, 0.05) is 12.2 Å². The summed E-state index contributed by atoms with van der Waals surface area (Å²) in [7, 11) is 0. The second-order valence-electron chi connectivity index (χ2n) is 8.21. The summed E-state index contributed by atoms with van der Waals surface area (Å²) < 4.78 is 7.30. The molecule has 1 saturated heterocycles. The molecule has 0 aliphatic carbocycles. The molecular formula is C24H23N7O5. The molecule has 12 heteroatoms. The highest BCUT2D eigenvalue weighted by molar-refractivity contribution is 6.12. The number of benzene rings is 2. The smallest absolute Gasteiger partial charge is 0.256 e. The molecule has 4 unspecified atom stereocenters. The van der Waals surface area contributed by atoms with Gasteiger partial charge >= 0.3 is 0 Å². The van der Waals surface area contributed by atoms with Gasteiger partial charge in [0.05, 0.1) is 17.5 Å². The Labute approximate surface area is 204 Å². The van der Waals surface area contributed by atoms with Gasteiger partial charge in [0.25, 0.3) is 11.8 Å². The molecule has 2 aromatic heterocycles. The van der Waals surface area contributed by atoms with E-state index in [0.717, 1.165) is 0 Å². The van der Waals surface area contributed by atoms with E-state index in [1.54, 1.807) is 42.5 Å². The topological polar surface area (TPSA) is 178 Å². The summed E-state index contributed by atoms with van der Waals surface area (Å²) in [6.07, 6.45) is -1.91. The number of nitrogens with two attached hydrogens (primary N) is 1. The lowest BCUT2D eigenvalue weighted by Gasteiger charge is -2.17. The summed E-state index contributed by atoms with van der Waals surface area (Å²) in [6.45, 7) is -0.119. The Morgan fingerprint density at radius 1 is 0.944 bits per heavy atom. The van der Waals surface area contributed by atoms with Crippen LogP contribution in [-0.4, -0.2) is 66.4 Å². The highest BCUT2D eigenvalue weighted by Gasteiger charge is 2.44. The Morgan fingerprint density at radius 3 is 2.39 bits per heavy atom. The standard InChI is InChI=1S/C24H23N7O5/c25-20-17-21(28-11-27-20)31(12-29-17)24-19(33)18(32)16(36-24)10-26-22(34)14-8-4-5-9-15(14)23(35)30-13-6-2-1-3-7-13/h1-9,11-12,16,18-19,24,32-33H,10H2,(H,26,34)(H,30,35)(H2,25,27,28). The molecule has 1 aliphatic heterocycles. The number of carbonyl (C=O) groups excluding carboxylic acids is 2. The predicted molar refractivity (Wildman–Crippen MR) is 129 cm³/mol. The molecule has 36 heavy (non-hydrogen) atoms. The number of nitrogens with zero attached hydrogens (tertiary/aromatic N) is 4. The molecule has 1 aliphatic rings. The van der Waals surface area contributed by atoms with E-state index in [1.165, 1.54) is 23.3 Å². The van der Waals surface area contributed by atoms with Crippen molar-refractivity contribution in [3.63, 3.8) is 0 Å². The van der Waals surface area contributed by atoms with Crippen molar-refractivity contribution in [2.24, 2.45) is 0 Å². The fourth-order valence-electron chi connectivity index (χ4n) is 4.07. The summed E-state index contributed by atoms with van der Waals surface area (Å²) in [4.78, 5) is 37.9. The molecule has 3 heterocycles. The van der Waals surface area contributed by atoms with Crippen molar-refractivity contribution in [2.45, 2.75) is 24.5 Å². The van der Waals surface area contributed by atoms with E-state index in [4.69, 9.17) is 10.5 Å². The summed E-state index contributed by atoms with van der Waals surface area (Å²) in [6, 6.07) is 15.3. The van der Waals surface area contributed by atoms with E-state index in [2.05, 4.69) is 25.6 Å². The molecule has 0 bridgehead atoms. The first-order valence-corrected chi connectivity index (χ1v) is 11.1. The lowest BCUT2D eigenvalue weighted by atomic mass is 10.1. The van der Waals surface area contributed by atoms with Gasteiger partial charge in [-0.25, -0.2) is 15.0 Å². The number of rotatable bonds is 6. The first-order valence-electron chi connectivity index (χ1n) is 11.1. The van der Waals surface area contributed by atoms with Crippen molar-refractivity contribution in [2.75, 3.05) is 17.6 Å². The van der Waals surface area contributed by atoms with Crippen LogP contribution in [0.1, 0.15) is 26.9 Å². The van der Waals surface area contributed by atoms with Gasteiger partial charge in [-0.3, -0.25) is 14.2 Å². The number of hydrogen-bond donors (Lipinski definition) is 5. The second kappa shape index (κ2) is 9.70. The minimum absolute atomic E-state index is 0.119. The van der Waals surface area contributed by atoms with Gasteiger partial charge < -0.3 is 31.3 Å². The van der Waals surface area contributed by atoms with Crippen LogP contribution in [0.5, 0.6) is 0 Å². The number of nitrogens with one attached hydrogen (secondary N) is 2. The van der Waals surface area contributed by atoms with Crippen LogP contribution in [0, 0.1) is 0 Å². The number of aliphatic hydroxyl groups is 2. The highest BCUT2D eigenvalue weighted by Crippen LogP contribution is 2.31. The van der Waals surface area contributed by atoms with Crippen molar-refractivity contribution in [1.29, 1.82) is 0 Å². The monoisotopic (exact) mass is 489 g/mol. The quantitative estimate of drug-likeness (QED) is 0.261. The van der Waals surface area contributed by atoms with Crippen LogP contribution in [0.2, 0.25) is 0 Å². The molecule has 4 atom stereocenters. The normalized spacial score (nSPS) is 21.4. The maximum atomic E-state index is 13.0. The van der Waals surface area contributed by atoms with Crippen molar-refractivity contribution in [3.8, 4) is 0 Å². The molecule has 0 radical (unpaired) electrons. The number of carbonyl (C=O) groups is 2. The summed E-state index contributed by atoms with van der Waals surface area (Å²) in [5.41, 5.74) is 7.43. The van der Waals surface area contributed by atoms with Gasteiger partial charge in [-0.2, -0.15) is 0 Å². The third kappa shape index (κ3) is 4.35. The van der Waals surface area contributed by atoms with Gasteiger partial charge in [0.15, 0.2) is 17.7 Å². The van der Waals surface area contributed by atoms with Crippen LogP contribution in [0.15, 0.2) is 67.3 Å². The fraction of sp³-hybridized carbons (Fsp3) is 0.208. The molecule has 1 fully saturated rings. The number of anilines is 2. The summed E-state index contributed by atoms with van der Waals surface area (Å²) in [5.74, 6) is -0.797. The molecule has 2 aromatic carbocycles. The van der Waals surface area contributed by atoms with Crippen molar-refractivity contribution in [3.05, 3.63) is 78.4 Å². The number of aromatic nitrogens is 4. The SMILES string of the molecule is Nc1ncnc2c1ncn2C1OC(CNC(=O)c2ccccc2C(=O)Nc2ccccc2)C(O)C1O. The van der Waals surface area contributed by atoms with Gasteiger partial charge in [-0.05, 0) is 24.3 Å². The van der Waals surface area contributed by atoms with Crippen LogP contribution >= 0.6 is 0 Å². The summed E-state index contributed by atoms with van der Waals surface area (Å²) in [5, 5.41) is 26.6. The third-order valence-electron chi connectivity index (χ3n) is 5.91. The minimum Gasteiger partial charge on any atom is -0.387 e. The van der Waals surface area contributed by atoms with E-state index < -0.39 is 36.4 Å². The number of fused-ring (bicyclic) bond motifs is 1. The van der Waals surface area contributed by atoms with Gasteiger partial charge in [-0.1, -0.05) is 30.3 Å². The van der Waals surface area contributed by atoms with Crippen molar-refractivity contribution < 1.29 is 24.5 Å². The predicted octanol–water partition coefficient (Wildman–Crippen LogP) is 0.710. The van der Waals surface area contributed by atoms with Crippen LogP contribution in [-0.2, 0) is 4.74 Å². The van der Waals surface area contributed by atoms with Gasteiger partial charge in [0.1, 0.15) is 30.2 Å². The highest BCUT2D eigenvalue weighted by atomic mass is 16.6. The molecule has 12 nitrogen and oxygen atoms in total. The van der Waals surface area contributed by atoms with E-state index >= 15 is 0 Å².